The van der Waals surface area contributed by atoms with Crippen molar-refractivity contribution in [2.75, 3.05) is 7.11 Å². The van der Waals surface area contributed by atoms with E-state index in [0.29, 0.717) is 6.61 Å². The standard InChI is InChI=1S/C28H27FN2O2/c1-19-9-15-25(16-10-19)31-21(3)26(17-27(31)22-11-13-24(29)14-12-22)20(2)30-33-18-23-7-5-6-8-28(23)32-4/h5-17H,18H2,1-4H3. The summed E-state index contributed by atoms with van der Waals surface area (Å²) in [6.07, 6.45) is 0. The number of methoxy groups -OCH3 is 1. The van der Waals surface area contributed by atoms with Gasteiger partial charge in [0.2, 0.25) is 0 Å². The Morgan fingerprint density at radius 3 is 2.33 bits per heavy atom. The molecule has 0 aliphatic heterocycles. The molecule has 0 spiro atoms. The third-order valence-corrected chi connectivity index (χ3v) is 5.68. The third kappa shape index (κ3) is 4.82. The van der Waals surface area contributed by atoms with Crippen LogP contribution in [0.2, 0.25) is 0 Å². The second kappa shape index (κ2) is 9.74. The topological polar surface area (TPSA) is 35.8 Å². The zero-order valence-corrected chi connectivity index (χ0v) is 19.3. The van der Waals surface area contributed by atoms with Gasteiger partial charge in [-0.05, 0) is 74.9 Å². The Morgan fingerprint density at radius 2 is 1.64 bits per heavy atom. The molecule has 1 heterocycles. The first-order chi connectivity index (χ1) is 16.0. The second-order valence-corrected chi connectivity index (χ2v) is 7.97. The first-order valence-corrected chi connectivity index (χ1v) is 10.8. The summed E-state index contributed by atoms with van der Waals surface area (Å²) in [4.78, 5) is 5.67. The van der Waals surface area contributed by atoms with E-state index in [4.69, 9.17) is 9.57 Å². The molecule has 5 heteroatoms. The Labute approximate surface area is 193 Å². The van der Waals surface area contributed by atoms with Gasteiger partial charge in [0.1, 0.15) is 18.2 Å². The molecule has 0 radical (unpaired) electrons. The number of rotatable bonds is 7. The highest BCUT2D eigenvalue weighted by Crippen LogP contribution is 2.30. The summed E-state index contributed by atoms with van der Waals surface area (Å²) in [7, 11) is 1.64. The van der Waals surface area contributed by atoms with Gasteiger partial charge in [-0.15, -0.1) is 0 Å². The van der Waals surface area contributed by atoms with Crippen molar-refractivity contribution in [2.24, 2.45) is 5.16 Å². The predicted molar refractivity (Wildman–Crippen MR) is 131 cm³/mol. The van der Waals surface area contributed by atoms with Crippen LogP contribution in [0.25, 0.3) is 16.9 Å². The number of ether oxygens (including phenoxy) is 1. The fraction of sp³-hybridized carbons (Fsp3) is 0.179. The first-order valence-electron chi connectivity index (χ1n) is 10.8. The molecule has 0 fully saturated rings. The average Bonchev–Trinajstić information content (AvgIpc) is 3.17. The third-order valence-electron chi connectivity index (χ3n) is 5.68. The molecule has 0 N–H and O–H groups in total. The number of hydrogen-bond acceptors (Lipinski definition) is 3. The zero-order valence-electron chi connectivity index (χ0n) is 19.3. The molecule has 0 bridgehead atoms. The predicted octanol–water partition coefficient (Wildman–Crippen LogP) is 6.85. The van der Waals surface area contributed by atoms with E-state index in [0.717, 1.165) is 45.2 Å². The fourth-order valence-corrected chi connectivity index (χ4v) is 3.90. The highest BCUT2D eigenvalue weighted by Gasteiger charge is 2.17. The number of nitrogens with zero attached hydrogens (tertiary/aromatic N) is 2. The maximum absolute atomic E-state index is 13.6. The van der Waals surface area contributed by atoms with Gasteiger partial charge < -0.3 is 14.1 Å². The quantitative estimate of drug-likeness (QED) is 0.232. The van der Waals surface area contributed by atoms with E-state index < -0.39 is 0 Å². The normalized spacial score (nSPS) is 11.5. The Morgan fingerprint density at radius 1 is 0.939 bits per heavy atom. The molecule has 4 rings (SSSR count). The van der Waals surface area contributed by atoms with Gasteiger partial charge in [-0.1, -0.05) is 41.1 Å². The van der Waals surface area contributed by atoms with E-state index in [9.17, 15) is 4.39 Å². The van der Waals surface area contributed by atoms with E-state index in [1.165, 1.54) is 17.7 Å². The van der Waals surface area contributed by atoms with Crippen molar-refractivity contribution in [3.05, 3.63) is 107 Å². The maximum Gasteiger partial charge on any atom is 0.145 e. The van der Waals surface area contributed by atoms with Gasteiger partial charge in [0.05, 0.1) is 18.5 Å². The summed E-state index contributed by atoms with van der Waals surface area (Å²) in [5.41, 5.74) is 7.80. The van der Waals surface area contributed by atoms with Crippen LogP contribution in [-0.2, 0) is 11.4 Å². The Kier molecular flexibility index (Phi) is 6.59. The van der Waals surface area contributed by atoms with Crippen LogP contribution in [0.15, 0.2) is 84.0 Å². The lowest BCUT2D eigenvalue weighted by Gasteiger charge is -2.13. The second-order valence-electron chi connectivity index (χ2n) is 7.97. The minimum Gasteiger partial charge on any atom is -0.496 e. The van der Waals surface area contributed by atoms with E-state index in [1.807, 2.05) is 31.2 Å². The molecule has 0 atom stereocenters. The summed E-state index contributed by atoms with van der Waals surface area (Å²) in [5.74, 6) is 0.511. The maximum atomic E-state index is 13.6. The van der Waals surface area contributed by atoms with Crippen molar-refractivity contribution in [3.8, 4) is 22.7 Å². The van der Waals surface area contributed by atoms with Crippen molar-refractivity contribution in [1.29, 1.82) is 0 Å². The largest absolute Gasteiger partial charge is 0.496 e. The lowest BCUT2D eigenvalue weighted by molar-refractivity contribution is 0.128. The molecule has 0 aliphatic rings. The molecular formula is C28H27FN2O2. The highest BCUT2D eigenvalue weighted by atomic mass is 19.1. The number of oxime groups is 1. The van der Waals surface area contributed by atoms with Gasteiger partial charge in [0, 0.05) is 22.5 Å². The zero-order chi connectivity index (χ0) is 23.4. The Bertz CT molecular complexity index is 1270. The van der Waals surface area contributed by atoms with Crippen molar-refractivity contribution in [2.45, 2.75) is 27.4 Å². The lowest BCUT2D eigenvalue weighted by Crippen LogP contribution is -2.03. The molecule has 0 amide bonds. The van der Waals surface area contributed by atoms with Crippen LogP contribution >= 0.6 is 0 Å². The molecule has 0 aliphatic carbocycles. The minimum absolute atomic E-state index is 0.258. The number of benzene rings is 3. The molecule has 168 valence electrons. The van der Waals surface area contributed by atoms with Gasteiger partial charge in [-0.3, -0.25) is 0 Å². The van der Waals surface area contributed by atoms with Crippen LogP contribution in [0.5, 0.6) is 5.75 Å². The fourth-order valence-electron chi connectivity index (χ4n) is 3.90. The van der Waals surface area contributed by atoms with E-state index in [1.54, 1.807) is 19.2 Å². The van der Waals surface area contributed by atoms with Gasteiger partial charge in [0.15, 0.2) is 0 Å². The van der Waals surface area contributed by atoms with Crippen molar-refractivity contribution < 1.29 is 14.0 Å². The molecule has 1 aromatic heterocycles. The molecule has 0 unspecified atom stereocenters. The highest BCUT2D eigenvalue weighted by molar-refractivity contribution is 6.01. The van der Waals surface area contributed by atoms with Crippen LogP contribution in [0.1, 0.15) is 29.3 Å². The smallest absolute Gasteiger partial charge is 0.145 e. The van der Waals surface area contributed by atoms with E-state index >= 15 is 0 Å². The molecule has 4 nitrogen and oxygen atoms in total. The summed E-state index contributed by atoms with van der Waals surface area (Å²) in [6, 6.07) is 24.7. The molecule has 3 aromatic carbocycles. The van der Waals surface area contributed by atoms with E-state index in [-0.39, 0.29) is 5.82 Å². The minimum atomic E-state index is -0.258. The number of hydrogen-bond donors (Lipinski definition) is 0. The number of aryl methyl sites for hydroxylation is 1. The van der Waals surface area contributed by atoms with Crippen LogP contribution in [0, 0.1) is 19.7 Å². The average molecular weight is 443 g/mol. The summed E-state index contributed by atoms with van der Waals surface area (Å²) in [5, 5.41) is 4.38. The van der Waals surface area contributed by atoms with Crippen LogP contribution in [0.3, 0.4) is 0 Å². The Balaban J connectivity index is 1.70. The first kappa shape index (κ1) is 22.3. The molecular weight excluding hydrogens is 415 g/mol. The summed E-state index contributed by atoms with van der Waals surface area (Å²) in [6.45, 7) is 6.36. The van der Waals surface area contributed by atoms with Gasteiger partial charge in [-0.2, -0.15) is 0 Å². The number of halogens is 1. The Hall–Kier alpha value is -3.86. The molecule has 0 saturated carbocycles. The van der Waals surface area contributed by atoms with Crippen molar-refractivity contribution >= 4 is 5.71 Å². The summed E-state index contributed by atoms with van der Waals surface area (Å²) >= 11 is 0. The van der Waals surface area contributed by atoms with Gasteiger partial charge >= 0.3 is 0 Å². The van der Waals surface area contributed by atoms with E-state index in [2.05, 4.69) is 53.9 Å². The van der Waals surface area contributed by atoms with Crippen LogP contribution < -0.4 is 4.74 Å². The monoisotopic (exact) mass is 442 g/mol. The van der Waals surface area contributed by atoms with Crippen LogP contribution in [0.4, 0.5) is 4.39 Å². The molecule has 0 saturated heterocycles. The van der Waals surface area contributed by atoms with Gasteiger partial charge in [-0.25, -0.2) is 4.39 Å². The van der Waals surface area contributed by atoms with Crippen molar-refractivity contribution in [3.63, 3.8) is 0 Å². The van der Waals surface area contributed by atoms with Crippen molar-refractivity contribution in [1.82, 2.24) is 4.57 Å². The number of para-hydroxylation sites is 1. The van der Waals surface area contributed by atoms with Gasteiger partial charge in [0.25, 0.3) is 0 Å². The summed E-state index contributed by atoms with van der Waals surface area (Å²) < 4.78 is 21.1. The lowest BCUT2D eigenvalue weighted by atomic mass is 10.1. The molecule has 4 aromatic rings. The SMILES string of the molecule is COc1ccccc1CON=C(C)c1cc(-c2ccc(F)cc2)n(-c2ccc(C)cc2)c1C. The van der Waals surface area contributed by atoms with Crippen LogP contribution in [-0.4, -0.2) is 17.4 Å². The molecule has 33 heavy (non-hydrogen) atoms. The number of aromatic nitrogens is 1.